The van der Waals surface area contributed by atoms with Crippen molar-refractivity contribution >= 4 is 5.91 Å². The summed E-state index contributed by atoms with van der Waals surface area (Å²) in [5.74, 6) is 0.0720. The number of morpholine rings is 1. The minimum atomic E-state index is 0.0720. The standard InChI is InChI=1S/C16H24N4O2/c21-16(19-9-10-22-15-5-1-4-14(15)19)13-6-8-20(18-13)12-3-2-7-17-11-12/h6,8,12,14-15,17H,1-5,7,9-11H2. The highest BCUT2D eigenvalue weighted by Crippen LogP contribution is 2.30. The topological polar surface area (TPSA) is 59.4 Å². The van der Waals surface area contributed by atoms with Crippen LogP contribution in [0.15, 0.2) is 12.3 Å². The summed E-state index contributed by atoms with van der Waals surface area (Å²) >= 11 is 0. The maximum atomic E-state index is 12.8. The van der Waals surface area contributed by atoms with Gasteiger partial charge in [-0.25, -0.2) is 0 Å². The third kappa shape index (κ3) is 2.54. The van der Waals surface area contributed by atoms with E-state index >= 15 is 0 Å². The molecule has 0 bridgehead atoms. The van der Waals surface area contributed by atoms with Gasteiger partial charge in [0.2, 0.25) is 0 Å². The Bertz CT molecular complexity index is 538. The van der Waals surface area contributed by atoms with Gasteiger partial charge in [0.25, 0.3) is 5.91 Å². The Labute approximate surface area is 130 Å². The number of fused-ring (bicyclic) bond motifs is 1. The highest BCUT2D eigenvalue weighted by atomic mass is 16.5. The van der Waals surface area contributed by atoms with Gasteiger partial charge in [-0.2, -0.15) is 5.10 Å². The van der Waals surface area contributed by atoms with Gasteiger partial charge in [-0.1, -0.05) is 0 Å². The lowest BCUT2D eigenvalue weighted by Gasteiger charge is -2.37. The Hall–Kier alpha value is -1.40. The van der Waals surface area contributed by atoms with Crippen molar-refractivity contribution < 1.29 is 9.53 Å². The normalized spacial score (nSPS) is 32.0. The lowest BCUT2D eigenvalue weighted by Crippen LogP contribution is -2.51. The number of carbonyl (C=O) groups excluding carboxylic acids is 1. The predicted octanol–water partition coefficient (Wildman–Crippen LogP) is 1.20. The largest absolute Gasteiger partial charge is 0.374 e. The van der Waals surface area contributed by atoms with Crippen LogP contribution >= 0.6 is 0 Å². The molecular formula is C16H24N4O2. The van der Waals surface area contributed by atoms with E-state index in [4.69, 9.17) is 4.74 Å². The number of hydrogen-bond donors (Lipinski definition) is 1. The summed E-state index contributed by atoms with van der Waals surface area (Å²) in [5.41, 5.74) is 0.582. The molecule has 1 aromatic rings. The van der Waals surface area contributed by atoms with Crippen molar-refractivity contribution in [3.63, 3.8) is 0 Å². The van der Waals surface area contributed by atoms with Gasteiger partial charge >= 0.3 is 0 Å². The maximum absolute atomic E-state index is 12.8. The first kappa shape index (κ1) is 14.2. The molecule has 1 amide bonds. The van der Waals surface area contributed by atoms with E-state index < -0.39 is 0 Å². The Morgan fingerprint density at radius 3 is 3.14 bits per heavy atom. The van der Waals surface area contributed by atoms with Crippen LogP contribution in [0, 0.1) is 0 Å². The number of carbonyl (C=O) groups is 1. The molecule has 0 spiro atoms. The molecule has 1 N–H and O–H groups in total. The number of nitrogens with one attached hydrogen (secondary N) is 1. The van der Waals surface area contributed by atoms with Gasteiger partial charge in [-0.15, -0.1) is 0 Å². The third-order valence-electron chi connectivity index (χ3n) is 5.22. The molecule has 3 aliphatic rings. The van der Waals surface area contributed by atoms with E-state index in [1.165, 1.54) is 6.42 Å². The van der Waals surface area contributed by atoms with Gasteiger partial charge in [-0.3, -0.25) is 9.48 Å². The molecule has 3 heterocycles. The van der Waals surface area contributed by atoms with E-state index in [1.807, 2.05) is 21.8 Å². The molecule has 1 aromatic heterocycles. The second-order valence-corrected chi connectivity index (χ2v) is 6.59. The molecule has 1 saturated carbocycles. The molecule has 2 aliphatic heterocycles. The van der Waals surface area contributed by atoms with Crippen molar-refractivity contribution in [3.8, 4) is 0 Å². The van der Waals surface area contributed by atoms with Gasteiger partial charge < -0.3 is 15.0 Å². The average Bonchev–Trinajstić information content (AvgIpc) is 3.24. The van der Waals surface area contributed by atoms with Crippen LogP contribution in [-0.2, 0) is 4.74 Å². The van der Waals surface area contributed by atoms with Crippen LogP contribution in [0.5, 0.6) is 0 Å². The minimum Gasteiger partial charge on any atom is -0.374 e. The number of nitrogens with zero attached hydrogens (tertiary/aromatic N) is 3. The zero-order valence-electron chi connectivity index (χ0n) is 12.9. The maximum Gasteiger partial charge on any atom is 0.274 e. The third-order valence-corrected chi connectivity index (χ3v) is 5.22. The average molecular weight is 304 g/mol. The summed E-state index contributed by atoms with van der Waals surface area (Å²) in [6.07, 6.45) is 7.78. The van der Waals surface area contributed by atoms with E-state index in [-0.39, 0.29) is 18.1 Å². The summed E-state index contributed by atoms with van der Waals surface area (Å²) in [5, 5.41) is 7.96. The summed E-state index contributed by atoms with van der Waals surface area (Å²) in [7, 11) is 0. The van der Waals surface area contributed by atoms with Gasteiger partial charge in [0, 0.05) is 19.3 Å². The van der Waals surface area contributed by atoms with Crippen LogP contribution in [0.1, 0.15) is 48.6 Å². The van der Waals surface area contributed by atoms with Crippen molar-refractivity contribution in [2.24, 2.45) is 0 Å². The number of rotatable bonds is 2. The number of hydrogen-bond acceptors (Lipinski definition) is 4. The number of piperidine rings is 1. The highest BCUT2D eigenvalue weighted by Gasteiger charge is 2.39. The summed E-state index contributed by atoms with van der Waals surface area (Å²) < 4.78 is 7.76. The Balaban J connectivity index is 1.49. The molecule has 3 atom stereocenters. The summed E-state index contributed by atoms with van der Waals surface area (Å²) in [4.78, 5) is 14.8. The van der Waals surface area contributed by atoms with Crippen molar-refractivity contribution in [1.82, 2.24) is 20.0 Å². The van der Waals surface area contributed by atoms with E-state index in [9.17, 15) is 4.79 Å². The fourth-order valence-corrected chi connectivity index (χ4v) is 4.04. The van der Waals surface area contributed by atoms with Crippen molar-refractivity contribution in [1.29, 1.82) is 0 Å². The smallest absolute Gasteiger partial charge is 0.274 e. The van der Waals surface area contributed by atoms with Crippen LogP contribution in [0.4, 0.5) is 0 Å². The molecule has 6 heteroatoms. The quantitative estimate of drug-likeness (QED) is 0.892. The second kappa shape index (κ2) is 6.01. The first-order valence-electron chi connectivity index (χ1n) is 8.51. The van der Waals surface area contributed by atoms with Gasteiger partial charge in [-0.05, 0) is 44.7 Å². The highest BCUT2D eigenvalue weighted by molar-refractivity contribution is 5.92. The Morgan fingerprint density at radius 1 is 1.32 bits per heavy atom. The number of ether oxygens (including phenoxy) is 1. The van der Waals surface area contributed by atoms with Crippen molar-refractivity contribution in [2.45, 2.75) is 50.3 Å². The molecule has 0 radical (unpaired) electrons. The molecule has 2 saturated heterocycles. The Morgan fingerprint density at radius 2 is 2.27 bits per heavy atom. The lowest BCUT2D eigenvalue weighted by atomic mass is 10.1. The van der Waals surface area contributed by atoms with E-state index in [2.05, 4.69) is 10.4 Å². The predicted molar refractivity (Wildman–Crippen MR) is 81.8 cm³/mol. The molecule has 1 aliphatic carbocycles. The first-order valence-corrected chi connectivity index (χ1v) is 8.51. The molecule has 120 valence electrons. The Kier molecular flexibility index (Phi) is 3.88. The molecular weight excluding hydrogens is 280 g/mol. The summed E-state index contributed by atoms with van der Waals surface area (Å²) in [6, 6.07) is 2.50. The monoisotopic (exact) mass is 304 g/mol. The fourth-order valence-electron chi connectivity index (χ4n) is 4.04. The fraction of sp³-hybridized carbons (Fsp3) is 0.750. The van der Waals surface area contributed by atoms with Gasteiger partial charge in [0.1, 0.15) is 5.69 Å². The van der Waals surface area contributed by atoms with E-state index in [1.54, 1.807) is 0 Å². The molecule has 3 fully saturated rings. The van der Waals surface area contributed by atoms with E-state index in [0.29, 0.717) is 24.9 Å². The molecule has 22 heavy (non-hydrogen) atoms. The van der Waals surface area contributed by atoms with Crippen molar-refractivity contribution in [2.75, 3.05) is 26.2 Å². The second-order valence-electron chi connectivity index (χ2n) is 6.59. The molecule has 3 unspecified atom stereocenters. The molecule has 4 rings (SSSR count). The van der Waals surface area contributed by atoms with E-state index in [0.717, 1.165) is 38.8 Å². The lowest BCUT2D eigenvalue weighted by molar-refractivity contribution is -0.0447. The van der Waals surface area contributed by atoms with Gasteiger partial charge in [0.05, 0.1) is 24.8 Å². The number of amides is 1. The zero-order valence-corrected chi connectivity index (χ0v) is 12.9. The minimum absolute atomic E-state index is 0.0720. The van der Waals surface area contributed by atoms with Crippen LogP contribution in [0.2, 0.25) is 0 Å². The zero-order chi connectivity index (χ0) is 14.9. The van der Waals surface area contributed by atoms with Crippen LogP contribution in [0.3, 0.4) is 0 Å². The molecule has 6 nitrogen and oxygen atoms in total. The van der Waals surface area contributed by atoms with Crippen molar-refractivity contribution in [3.05, 3.63) is 18.0 Å². The van der Waals surface area contributed by atoms with Crippen LogP contribution in [-0.4, -0.2) is 59.0 Å². The van der Waals surface area contributed by atoms with Crippen LogP contribution in [0.25, 0.3) is 0 Å². The van der Waals surface area contributed by atoms with Gasteiger partial charge in [0.15, 0.2) is 0 Å². The molecule has 0 aromatic carbocycles. The van der Waals surface area contributed by atoms with Crippen LogP contribution < -0.4 is 5.32 Å². The SMILES string of the molecule is O=C(c1ccn(C2CCCNC2)n1)N1CCOC2CCCC21. The number of aromatic nitrogens is 2. The first-order chi connectivity index (χ1) is 10.8. The summed E-state index contributed by atoms with van der Waals surface area (Å²) in [6.45, 7) is 3.37.